The van der Waals surface area contributed by atoms with E-state index in [0.29, 0.717) is 22.5 Å². The zero-order valence-corrected chi connectivity index (χ0v) is 14.0. The van der Waals surface area contributed by atoms with Gasteiger partial charge in [-0.2, -0.15) is 0 Å². The Bertz CT molecular complexity index is 503. The standard InChI is InChI=1S/C17H24ClFN2O/c1-12-6-3-4-9-16(12)20-10-17(22)21(2)11-13-14(18)7-5-8-15(13)19/h5,7-8,12,16,20H,3-4,6,9-11H2,1-2H3. The Labute approximate surface area is 136 Å². The molecule has 0 radical (unpaired) electrons. The smallest absolute Gasteiger partial charge is 0.236 e. The molecular formula is C17H24ClFN2O. The SMILES string of the molecule is CC1CCCCC1NCC(=O)N(C)Cc1c(F)cccc1Cl. The number of hydrogen-bond donors (Lipinski definition) is 1. The summed E-state index contributed by atoms with van der Waals surface area (Å²) in [5.41, 5.74) is 0.367. The zero-order valence-electron chi connectivity index (χ0n) is 13.2. The molecule has 0 saturated heterocycles. The molecule has 1 aliphatic rings. The fraction of sp³-hybridized carbons (Fsp3) is 0.588. The van der Waals surface area contributed by atoms with E-state index >= 15 is 0 Å². The van der Waals surface area contributed by atoms with E-state index < -0.39 is 0 Å². The molecule has 0 heterocycles. The predicted octanol–water partition coefficient (Wildman–Crippen LogP) is 3.61. The quantitative estimate of drug-likeness (QED) is 0.896. The molecule has 1 N–H and O–H groups in total. The molecule has 122 valence electrons. The number of hydrogen-bond acceptors (Lipinski definition) is 2. The number of likely N-dealkylation sites (N-methyl/N-ethyl adjacent to an activating group) is 1. The van der Waals surface area contributed by atoms with Gasteiger partial charge < -0.3 is 10.2 Å². The first-order chi connectivity index (χ1) is 10.5. The molecular weight excluding hydrogens is 303 g/mol. The highest BCUT2D eigenvalue weighted by molar-refractivity contribution is 6.31. The first-order valence-electron chi connectivity index (χ1n) is 7.89. The summed E-state index contributed by atoms with van der Waals surface area (Å²) in [7, 11) is 1.68. The van der Waals surface area contributed by atoms with Gasteiger partial charge >= 0.3 is 0 Å². The Morgan fingerprint density at radius 2 is 2.14 bits per heavy atom. The van der Waals surface area contributed by atoms with Gasteiger partial charge in [0.1, 0.15) is 5.82 Å². The van der Waals surface area contributed by atoms with Gasteiger partial charge in [0.25, 0.3) is 0 Å². The molecule has 22 heavy (non-hydrogen) atoms. The van der Waals surface area contributed by atoms with E-state index in [2.05, 4.69) is 12.2 Å². The predicted molar refractivity (Wildman–Crippen MR) is 87.3 cm³/mol. The lowest BCUT2D eigenvalue weighted by molar-refractivity contribution is -0.129. The molecule has 1 aromatic rings. The first kappa shape index (κ1) is 17.2. The second-order valence-corrected chi connectivity index (χ2v) is 6.61. The molecule has 1 fully saturated rings. The van der Waals surface area contributed by atoms with E-state index in [1.807, 2.05) is 0 Å². The van der Waals surface area contributed by atoms with Crippen LogP contribution in [-0.2, 0) is 11.3 Å². The van der Waals surface area contributed by atoms with Crippen LogP contribution in [-0.4, -0.2) is 30.4 Å². The molecule has 1 saturated carbocycles. The van der Waals surface area contributed by atoms with Gasteiger partial charge in [-0.1, -0.05) is 37.4 Å². The minimum Gasteiger partial charge on any atom is -0.340 e. The monoisotopic (exact) mass is 326 g/mol. The van der Waals surface area contributed by atoms with Gasteiger partial charge in [0.15, 0.2) is 0 Å². The summed E-state index contributed by atoms with van der Waals surface area (Å²) in [5, 5.41) is 3.70. The average molecular weight is 327 g/mol. The third kappa shape index (κ3) is 4.43. The van der Waals surface area contributed by atoms with Crippen molar-refractivity contribution in [2.24, 2.45) is 5.92 Å². The zero-order chi connectivity index (χ0) is 16.1. The number of nitrogens with zero attached hydrogens (tertiary/aromatic N) is 1. The maximum absolute atomic E-state index is 13.8. The Balaban J connectivity index is 1.87. The van der Waals surface area contributed by atoms with Crippen molar-refractivity contribution in [1.82, 2.24) is 10.2 Å². The van der Waals surface area contributed by atoms with E-state index in [4.69, 9.17) is 11.6 Å². The van der Waals surface area contributed by atoms with Gasteiger partial charge in [-0.15, -0.1) is 0 Å². The van der Waals surface area contributed by atoms with Gasteiger partial charge in [-0.05, 0) is 30.9 Å². The Kier molecular flexibility index (Phi) is 6.21. The summed E-state index contributed by atoms with van der Waals surface area (Å²) in [6, 6.07) is 4.97. The van der Waals surface area contributed by atoms with Crippen LogP contribution in [0.25, 0.3) is 0 Å². The number of benzene rings is 1. The number of carbonyl (C=O) groups excluding carboxylic acids is 1. The van der Waals surface area contributed by atoms with Crippen LogP contribution in [0.2, 0.25) is 5.02 Å². The largest absolute Gasteiger partial charge is 0.340 e. The summed E-state index contributed by atoms with van der Waals surface area (Å²) in [6.45, 7) is 2.70. The number of halogens is 2. The summed E-state index contributed by atoms with van der Waals surface area (Å²) in [4.78, 5) is 13.7. The highest BCUT2D eigenvalue weighted by Crippen LogP contribution is 2.24. The lowest BCUT2D eigenvalue weighted by Crippen LogP contribution is -2.43. The topological polar surface area (TPSA) is 32.3 Å². The summed E-state index contributed by atoms with van der Waals surface area (Å²) in [6.07, 6.45) is 4.83. The highest BCUT2D eigenvalue weighted by Gasteiger charge is 2.22. The number of rotatable bonds is 5. The lowest BCUT2D eigenvalue weighted by atomic mass is 9.86. The normalized spacial score (nSPS) is 21.6. The summed E-state index contributed by atoms with van der Waals surface area (Å²) >= 11 is 6.00. The molecule has 0 spiro atoms. The molecule has 5 heteroatoms. The van der Waals surface area contributed by atoms with Crippen LogP contribution >= 0.6 is 11.6 Å². The van der Waals surface area contributed by atoms with Crippen molar-refractivity contribution < 1.29 is 9.18 Å². The number of amides is 1. The third-order valence-corrected chi connectivity index (χ3v) is 4.86. The van der Waals surface area contributed by atoms with Gasteiger partial charge in [0.05, 0.1) is 6.54 Å². The van der Waals surface area contributed by atoms with Gasteiger partial charge in [-0.25, -0.2) is 4.39 Å². The second-order valence-electron chi connectivity index (χ2n) is 6.20. The molecule has 1 aliphatic carbocycles. The summed E-state index contributed by atoms with van der Waals surface area (Å²) in [5.74, 6) is 0.186. The van der Waals surface area contributed by atoms with Crippen molar-refractivity contribution >= 4 is 17.5 Å². The molecule has 1 aromatic carbocycles. The second kappa shape index (κ2) is 7.93. The van der Waals surface area contributed by atoms with Crippen LogP contribution < -0.4 is 5.32 Å². The molecule has 2 unspecified atom stereocenters. The van der Waals surface area contributed by atoms with Crippen molar-refractivity contribution in [2.45, 2.75) is 45.2 Å². The average Bonchev–Trinajstić information content (AvgIpc) is 2.49. The van der Waals surface area contributed by atoms with Crippen molar-refractivity contribution in [3.05, 3.63) is 34.6 Å². The van der Waals surface area contributed by atoms with Crippen molar-refractivity contribution in [1.29, 1.82) is 0 Å². The van der Waals surface area contributed by atoms with Gasteiger partial charge in [-0.3, -0.25) is 4.79 Å². The van der Waals surface area contributed by atoms with Crippen LogP contribution in [0.1, 0.15) is 38.2 Å². The van der Waals surface area contributed by atoms with E-state index in [1.54, 1.807) is 19.2 Å². The van der Waals surface area contributed by atoms with E-state index in [9.17, 15) is 9.18 Å². The van der Waals surface area contributed by atoms with Crippen LogP contribution in [0.3, 0.4) is 0 Å². The minimum absolute atomic E-state index is 0.0444. The molecule has 1 amide bonds. The molecule has 2 atom stereocenters. The van der Waals surface area contributed by atoms with Crippen LogP contribution in [0, 0.1) is 11.7 Å². The lowest BCUT2D eigenvalue weighted by Gasteiger charge is -2.30. The van der Waals surface area contributed by atoms with Gasteiger partial charge in [0.2, 0.25) is 5.91 Å². The Morgan fingerprint density at radius 3 is 2.82 bits per heavy atom. The maximum atomic E-state index is 13.8. The Hall–Kier alpha value is -1.13. The fourth-order valence-electron chi connectivity index (χ4n) is 2.98. The minimum atomic E-state index is -0.374. The fourth-order valence-corrected chi connectivity index (χ4v) is 3.20. The van der Waals surface area contributed by atoms with Crippen LogP contribution in [0.15, 0.2) is 18.2 Å². The van der Waals surface area contributed by atoms with Gasteiger partial charge in [0, 0.05) is 30.2 Å². The maximum Gasteiger partial charge on any atom is 0.236 e. The van der Waals surface area contributed by atoms with Crippen LogP contribution in [0.4, 0.5) is 4.39 Å². The van der Waals surface area contributed by atoms with Crippen molar-refractivity contribution in [3.8, 4) is 0 Å². The molecule has 0 bridgehead atoms. The number of nitrogens with one attached hydrogen (secondary N) is 1. The Morgan fingerprint density at radius 1 is 1.41 bits per heavy atom. The van der Waals surface area contributed by atoms with E-state index in [-0.39, 0.29) is 24.8 Å². The third-order valence-electron chi connectivity index (χ3n) is 4.51. The molecule has 2 rings (SSSR count). The van der Waals surface area contributed by atoms with E-state index in [0.717, 1.165) is 6.42 Å². The summed E-state index contributed by atoms with van der Waals surface area (Å²) < 4.78 is 13.8. The van der Waals surface area contributed by atoms with E-state index in [1.165, 1.54) is 30.2 Å². The first-order valence-corrected chi connectivity index (χ1v) is 8.27. The van der Waals surface area contributed by atoms with Crippen LogP contribution in [0.5, 0.6) is 0 Å². The van der Waals surface area contributed by atoms with Crippen molar-refractivity contribution in [2.75, 3.05) is 13.6 Å². The highest BCUT2D eigenvalue weighted by atomic mass is 35.5. The molecule has 0 aromatic heterocycles. The molecule has 0 aliphatic heterocycles. The van der Waals surface area contributed by atoms with Crippen molar-refractivity contribution in [3.63, 3.8) is 0 Å². The number of carbonyl (C=O) groups is 1. The molecule has 3 nitrogen and oxygen atoms in total.